The number of methoxy groups -OCH3 is 1. The molecule has 0 radical (unpaired) electrons. The highest BCUT2D eigenvalue weighted by molar-refractivity contribution is 7.92. The average Bonchev–Trinajstić information content (AvgIpc) is 2.94. The van der Waals surface area contributed by atoms with Crippen molar-refractivity contribution < 1.29 is 27.8 Å². The van der Waals surface area contributed by atoms with E-state index in [4.69, 9.17) is 9.39 Å². The van der Waals surface area contributed by atoms with E-state index in [1.54, 1.807) is 6.07 Å². The molecule has 0 spiro atoms. The topological polar surface area (TPSA) is 128 Å². The first-order valence-electron chi connectivity index (χ1n) is 7.09. The van der Waals surface area contributed by atoms with Gasteiger partial charge in [-0.2, -0.15) is 0 Å². The van der Waals surface area contributed by atoms with Gasteiger partial charge in [0.25, 0.3) is 15.7 Å². The van der Waals surface area contributed by atoms with Gasteiger partial charge in [0.2, 0.25) is 0 Å². The van der Waals surface area contributed by atoms with E-state index in [-0.39, 0.29) is 18.0 Å². The third kappa shape index (κ3) is 3.29. The normalized spacial score (nSPS) is 13.4. The van der Waals surface area contributed by atoms with Crippen LogP contribution < -0.4 is 14.9 Å². The highest BCUT2D eigenvalue weighted by Gasteiger charge is 2.30. The van der Waals surface area contributed by atoms with Crippen molar-refractivity contribution in [3.05, 3.63) is 52.1 Å². The third-order valence-corrected chi connectivity index (χ3v) is 5.14. The number of nitro groups is 1. The Morgan fingerprint density at radius 2 is 2.08 bits per heavy atom. The maximum Gasteiger partial charge on any atom is 0.491 e. The fourth-order valence-electron chi connectivity index (χ4n) is 2.48. The summed E-state index contributed by atoms with van der Waals surface area (Å²) in [5, 5.41) is 20.9. The molecule has 9 nitrogen and oxygen atoms in total. The summed E-state index contributed by atoms with van der Waals surface area (Å²) in [6, 6.07) is 8.00. The van der Waals surface area contributed by atoms with E-state index < -0.39 is 32.6 Å². The second-order valence-corrected chi connectivity index (χ2v) is 6.92. The average molecular weight is 364 g/mol. The van der Waals surface area contributed by atoms with Gasteiger partial charge < -0.3 is 14.4 Å². The quantitative estimate of drug-likeness (QED) is 0.452. The molecule has 0 aliphatic carbocycles. The van der Waals surface area contributed by atoms with Gasteiger partial charge in [0.15, 0.2) is 4.90 Å². The third-order valence-electron chi connectivity index (χ3n) is 3.71. The number of hydrogen-bond donors (Lipinski definition) is 2. The minimum atomic E-state index is -4.22. The molecule has 0 saturated heterocycles. The first-order valence-corrected chi connectivity index (χ1v) is 8.58. The molecule has 2 aromatic rings. The Morgan fingerprint density at radius 1 is 1.32 bits per heavy atom. The summed E-state index contributed by atoms with van der Waals surface area (Å²) >= 11 is 0. The zero-order chi connectivity index (χ0) is 18.2. The Morgan fingerprint density at radius 3 is 2.76 bits per heavy atom. The monoisotopic (exact) mass is 364 g/mol. The lowest BCUT2D eigenvalue weighted by Crippen LogP contribution is -2.28. The lowest BCUT2D eigenvalue weighted by molar-refractivity contribution is -0.387. The van der Waals surface area contributed by atoms with E-state index in [9.17, 15) is 23.6 Å². The van der Waals surface area contributed by atoms with E-state index in [0.717, 1.165) is 17.7 Å². The molecule has 0 unspecified atom stereocenters. The van der Waals surface area contributed by atoms with Gasteiger partial charge in [-0.05, 0) is 35.3 Å². The van der Waals surface area contributed by atoms with Crippen LogP contribution in [-0.4, -0.2) is 32.6 Å². The van der Waals surface area contributed by atoms with Crippen LogP contribution in [0.2, 0.25) is 0 Å². The number of nitrogens with zero attached hydrogens (tertiary/aromatic N) is 1. The second-order valence-electron chi connectivity index (χ2n) is 5.27. The Hall–Kier alpha value is -2.63. The minimum absolute atomic E-state index is 0.161. The summed E-state index contributed by atoms with van der Waals surface area (Å²) < 4.78 is 37.3. The van der Waals surface area contributed by atoms with Gasteiger partial charge in [0, 0.05) is 5.69 Å². The molecule has 1 heterocycles. The number of benzene rings is 2. The number of nitrogens with one attached hydrogen (secondary N) is 1. The number of hydrogen-bond acceptors (Lipinski definition) is 7. The van der Waals surface area contributed by atoms with Gasteiger partial charge in [-0.25, -0.2) is 8.42 Å². The van der Waals surface area contributed by atoms with Crippen LogP contribution in [0.3, 0.4) is 0 Å². The van der Waals surface area contributed by atoms with Crippen LogP contribution in [0, 0.1) is 10.1 Å². The Bertz CT molecular complexity index is 948. The van der Waals surface area contributed by atoms with Crippen LogP contribution in [0.25, 0.3) is 0 Å². The van der Waals surface area contributed by atoms with Gasteiger partial charge >= 0.3 is 7.12 Å². The first kappa shape index (κ1) is 17.2. The van der Waals surface area contributed by atoms with Crippen LogP contribution in [0.5, 0.6) is 5.75 Å². The van der Waals surface area contributed by atoms with Crippen molar-refractivity contribution >= 4 is 34.0 Å². The molecule has 1 aliphatic heterocycles. The zero-order valence-electron chi connectivity index (χ0n) is 13.0. The fraction of sp³-hybridized carbons (Fsp3) is 0.143. The Labute approximate surface area is 143 Å². The second kappa shape index (κ2) is 6.35. The first-order chi connectivity index (χ1) is 11.8. The molecule has 1 aliphatic rings. The maximum atomic E-state index is 12.6. The molecule has 0 bridgehead atoms. The van der Waals surface area contributed by atoms with Crippen molar-refractivity contribution in [2.45, 2.75) is 11.5 Å². The summed E-state index contributed by atoms with van der Waals surface area (Å²) in [6.45, 7) is 0.230. The van der Waals surface area contributed by atoms with Gasteiger partial charge in [0.1, 0.15) is 5.75 Å². The summed E-state index contributed by atoms with van der Waals surface area (Å²) in [7, 11) is -4.03. The fourth-order valence-corrected chi connectivity index (χ4v) is 3.69. The van der Waals surface area contributed by atoms with Gasteiger partial charge in [0.05, 0.1) is 24.7 Å². The largest absolute Gasteiger partial charge is 0.497 e. The van der Waals surface area contributed by atoms with E-state index in [0.29, 0.717) is 5.46 Å². The smallest absolute Gasteiger partial charge is 0.491 e. The van der Waals surface area contributed by atoms with Crippen molar-refractivity contribution in [3.8, 4) is 5.75 Å². The van der Waals surface area contributed by atoms with Crippen molar-refractivity contribution in [1.82, 2.24) is 0 Å². The predicted molar refractivity (Wildman–Crippen MR) is 89.3 cm³/mol. The summed E-state index contributed by atoms with van der Waals surface area (Å²) in [5.74, 6) is 0.170. The number of nitro benzene ring substituents is 1. The van der Waals surface area contributed by atoms with Gasteiger partial charge in [-0.15, -0.1) is 0 Å². The van der Waals surface area contributed by atoms with E-state index in [1.807, 2.05) is 0 Å². The van der Waals surface area contributed by atoms with Crippen molar-refractivity contribution in [2.24, 2.45) is 0 Å². The minimum Gasteiger partial charge on any atom is -0.497 e. The summed E-state index contributed by atoms with van der Waals surface area (Å²) in [6.07, 6.45) is 0. The molecular weight excluding hydrogens is 351 g/mol. The van der Waals surface area contributed by atoms with Crippen molar-refractivity contribution in [1.29, 1.82) is 0 Å². The van der Waals surface area contributed by atoms with Crippen molar-refractivity contribution in [3.63, 3.8) is 0 Å². The number of sulfonamides is 1. The lowest BCUT2D eigenvalue weighted by atomic mass is 9.79. The molecule has 2 aromatic carbocycles. The highest BCUT2D eigenvalue weighted by atomic mass is 32.2. The number of anilines is 1. The molecule has 0 amide bonds. The molecule has 130 valence electrons. The lowest BCUT2D eigenvalue weighted by Gasteiger charge is -2.10. The number of rotatable bonds is 5. The van der Waals surface area contributed by atoms with E-state index in [1.165, 1.54) is 25.3 Å². The standard InChI is InChI=1S/C14H13BN2O7S/c1-23-11-4-5-14(13(7-11)17(19)20)25(21,22)16-10-3-2-9-8-24-15(18)12(9)6-10/h2-7,16,18H,8H2,1H3. The van der Waals surface area contributed by atoms with Crippen LogP contribution in [0.15, 0.2) is 41.3 Å². The van der Waals surface area contributed by atoms with Crippen LogP contribution in [-0.2, 0) is 21.3 Å². The maximum absolute atomic E-state index is 12.6. The van der Waals surface area contributed by atoms with E-state index in [2.05, 4.69) is 4.72 Å². The molecular formula is C14H13BN2O7S. The zero-order valence-corrected chi connectivity index (χ0v) is 13.8. The molecule has 25 heavy (non-hydrogen) atoms. The Balaban J connectivity index is 1.98. The van der Waals surface area contributed by atoms with Crippen LogP contribution >= 0.6 is 0 Å². The van der Waals surface area contributed by atoms with E-state index >= 15 is 0 Å². The highest BCUT2D eigenvalue weighted by Crippen LogP contribution is 2.29. The number of ether oxygens (including phenoxy) is 1. The summed E-state index contributed by atoms with van der Waals surface area (Å²) in [5.41, 5.74) is 0.750. The van der Waals surface area contributed by atoms with Crippen molar-refractivity contribution in [2.75, 3.05) is 11.8 Å². The summed E-state index contributed by atoms with van der Waals surface area (Å²) in [4.78, 5) is 9.91. The molecule has 2 N–H and O–H groups in total. The van der Waals surface area contributed by atoms with Crippen LogP contribution in [0.1, 0.15) is 5.56 Å². The molecule has 0 atom stereocenters. The van der Waals surface area contributed by atoms with Gasteiger partial charge in [-0.1, -0.05) is 6.07 Å². The Kier molecular flexibility index (Phi) is 4.37. The molecule has 3 rings (SSSR count). The van der Waals surface area contributed by atoms with Crippen LogP contribution in [0.4, 0.5) is 11.4 Å². The molecule has 0 saturated carbocycles. The SMILES string of the molecule is COc1ccc(S(=O)(=O)Nc2ccc3c(c2)B(O)OC3)c([N+](=O)[O-])c1. The van der Waals surface area contributed by atoms with Gasteiger partial charge in [-0.3, -0.25) is 14.8 Å². The molecule has 0 aromatic heterocycles. The molecule has 11 heteroatoms. The predicted octanol–water partition coefficient (Wildman–Crippen LogP) is 0.622. The molecule has 0 fully saturated rings. The number of fused-ring (bicyclic) bond motifs is 1.